The van der Waals surface area contributed by atoms with Crippen LogP contribution in [0.3, 0.4) is 0 Å². The number of benzene rings is 1. The van der Waals surface area contributed by atoms with E-state index in [9.17, 15) is 14.0 Å². The van der Waals surface area contributed by atoms with Crippen LogP contribution in [0.15, 0.2) is 42.7 Å². The summed E-state index contributed by atoms with van der Waals surface area (Å²) in [5, 5.41) is 6.73. The summed E-state index contributed by atoms with van der Waals surface area (Å²) in [6.45, 7) is 1.96. The molecule has 0 radical (unpaired) electrons. The number of aromatic nitrogens is 2. The molecule has 2 aromatic heterocycles. The first-order chi connectivity index (χ1) is 12.0. The van der Waals surface area contributed by atoms with E-state index in [1.54, 1.807) is 25.3 Å². The van der Waals surface area contributed by atoms with Gasteiger partial charge < -0.3 is 10.1 Å². The second kappa shape index (κ2) is 6.90. The van der Waals surface area contributed by atoms with E-state index < -0.39 is 17.7 Å². The number of fused-ring (bicyclic) bond motifs is 1. The molecule has 0 spiro atoms. The van der Waals surface area contributed by atoms with Gasteiger partial charge in [-0.15, -0.1) is 0 Å². The van der Waals surface area contributed by atoms with Crippen molar-refractivity contribution in [2.45, 2.75) is 6.92 Å². The van der Waals surface area contributed by atoms with Crippen LogP contribution in [0.25, 0.3) is 5.52 Å². The Labute approximate surface area is 147 Å². The van der Waals surface area contributed by atoms with E-state index in [0.717, 1.165) is 12.1 Å². The van der Waals surface area contributed by atoms with Gasteiger partial charge in [-0.2, -0.15) is 5.10 Å². The summed E-state index contributed by atoms with van der Waals surface area (Å²) in [6, 6.07) is 6.72. The number of pyridine rings is 1. The zero-order valence-corrected chi connectivity index (χ0v) is 13.9. The van der Waals surface area contributed by atoms with Crippen LogP contribution < -0.4 is 5.32 Å². The maximum atomic E-state index is 13.1. The zero-order valence-electron chi connectivity index (χ0n) is 13.1. The van der Waals surface area contributed by atoms with E-state index in [4.69, 9.17) is 16.3 Å². The summed E-state index contributed by atoms with van der Waals surface area (Å²) < 4.78 is 19.6. The third-order valence-corrected chi connectivity index (χ3v) is 3.76. The fraction of sp³-hybridized carbons (Fsp3) is 0.118. The molecule has 0 aliphatic heterocycles. The van der Waals surface area contributed by atoms with Crippen LogP contribution in [0, 0.1) is 5.82 Å². The van der Waals surface area contributed by atoms with Gasteiger partial charge in [0, 0.05) is 11.9 Å². The molecule has 1 N–H and O–H groups in total. The summed E-state index contributed by atoms with van der Waals surface area (Å²) in [4.78, 5) is 24.2. The molecule has 25 heavy (non-hydrogen) atoms. The predicted molar refractivity (Wildman–Crippen MR) is 90.5 cm³/mol. The monoisotopic (exact) mass is 361 g/mol. The Morgan fingerprint density at radius 3 is 2.80 bits per heavy atom. The van der Waals surface area contributed by atoms with E-state index in [1.165, 1.54) is 16.8 Å². The van der Waals surface area contributed by atoms with Gasteiger partial charge in [-0.3, -0.25) is 4.79 Å². The number of carbonyl (C=O) groups excluding carboxylic acids is 2. The van der Waals surface area contributed by atoms with Crippen molar-refractivity contribution in [1.29, 1.82) is 0 Å². The van der Waals surface area contributed by atoms with Gasteiger partial charge in [0.1, 0.15) is 11.4 Å². The van der Waals surface area contributed by atoms with Crippen LogP contribution in [-0.4, -0.2) is 28.1 Å². The van der Waals surface area contributed by atoms with Gasteiger partial charge in [-0.25, -0.2) is 13.7 Å². The van der Waals surface area contributed by atoms with Crippen molar-refractivity contribution in [2.24, 2.45) is 0 Å². The first kappa shape index (κ1) is 16.9. The van der Waals surface area contributed by atoms with Crippen LogP contribution >= 0.6 is 11.6 Å². The summed E-state index contributed by atoms with van der Waals surface area (Å²) in [5.41, 5.74) is 1.35. The van der Waals surface area contributed by atoms with Crippen molar-refractivity contribution in [3.63, 3.8) is 0 Å². The van der Waals surface area contributed by atoms with Crippen LogP contribution in [-0.2, 0) is 4.74 Å². The number of carbonyl (C=O) groups is 2. The molecule has 0 unspecified atom stereocenters. The Bertz CT molecular complexity index is 971. The largest absolute Gasteiger partial charge is 0.462 e. The highest BCUT2D eigenvalue weighted by Gasteiger charge is 2.16. The highest BCUT2D eigenvalue weighted by atomic mass is 35.5. The smallest absolute Gasteiger partial charge is 0.341 e. The minimum absolute atomic E-state index is 0.00939. The molecule has 0 saturated carbocycles. The Hall–Kier alpha value is -2.93. The Morgan fingerprint density at radius 2 is 2.08 bits per heavy atom. The quantitative estimate of drug-likeness (QED) is 0.721. The average molecular weight is 362 g/mol. The fourth-order valence-electron chi connectivity index (χ4n) is 2.30. The van der Waals surface area contributed by atoms with Crippen molar-refractivity contribution in [3.05, 3.63) is 64.7 Å². The van der Waals surface area contributed by atoms with Gasteiger partial charge in [0.25, 0.3) is 5.91 Å². The summed E-state index contributed by atoms with van der Waals surface area (Å²) in [7, 11) is 0. The molecule has 0 atom stereocenters. The lowest BCUT2D eigenvalue weighted by Gasteiger charge is -2.08. The molecule has 3 aromatic rings. The lowest BCUT2D eigenvalue weighted by molar-refractivity contribution is 0.0528. The molecule has 0 saturated heterocycles. The van der Waals surface area contributed by atoms with Crippen LogP contribution in [0.1, 0.15) is 27.6 Å². The molecule has 128 valence electrons. The molecule has 0 fully saturated rings. The Balaban J connectivity index is 1.90. The lowest BCUT2D eigenvalue weighted by Crippen LogP contribution is -2.13. The summed E-state index contributed by atoms with van der Waals surface area (Å²) in [6.07, 6.45) is 3.00. The molecule has 2 heterocycles. The Morgan fingerprint density at radius 1 is 1.28 bits per heavy atom. The van der Waals surface area contributed by atoms with Crippen molar-refractivity contribution in [2.75, 3.05) is 11.9 Å². The number of hydrogen-bond acceptors (Lipinski definition) is 4. The van der Waals surface area contributed by atoms with Crippen molar-refractivity contribution < 1.29 is 18.7 Å². The minimum Gasteiger partial charge on any atom is -0.462 e. The second-order valence-corrected chi connectivity index (χ2v) is 5.51. The standard InChI is InChI=1S/C17H13ClFN3O3/c1-2-25-17(24)13-9-20-22-6-5-11(8-15(13)22)21-16(23)12-4-3-10(19)7-14(12)18/h3-9H,2H2,1H3,(H,21,23). The maximum Gasteiger partial charge on any atom is 0.341 e. The molecule has 6 nitrogen and oxygen atoms in total. The lowest BCUT2D eigenvalue weighted by atomic mass is 10.2. The van der Waals surface area contributed by atoms with Gasteiger partial charge in [-0.1, -0.05) is 11.6 Å². The third kappa shape index (κ3) is 3.46. The average Bonchev–Trinajstić information content (AvgIpc) is 2.98. The van der Waals surface area contributed by atoms with Gasteiger partial charge in [-0.05, 0) is 37.3 Å². The van der Waals surface area contributed by atoms with E-state index in [2.05, 4.69) is 10.4 Å². The molecule has 0 aliphatic carbocycles. The number of esters is 1. The van der Waals surface area contributed by atoms with Crippen molar-refractivity contribution in [1.82, 2.24) is 9.61 Å². The summed E-state index contributed by atoms with van der Waals surface area (Å²) in [5.74, 6) is -1.52. The molecular weight excluding hydrogens is 349 g/mol. The van der Waals surface area contributed by atoms with Crippen molar-refractivity contribution in [3.8, 4) is 0 Å². The van der Waals surface area contributed by atoms with E-state index in [-0.39, 0.29) is 22.8 Å². The molecule has 8 heteroatoms. The number of ether oxygens (including phenoxy) is 1. The fourth-order valence-corrected chi connectivity index (χ4v) is 2.55. The second-order valence-electron chi connectivity index (χ2n) is 5.10. The topological polar surface area (TPSA) is 72.7 Å². The van der Waals surface area contributed by atoms with Gasteiger partial charge in [0.2, 0.25) is 0 Å². The van der Waals surface area contributed by atoms with Crippen LogP contribution in [0.4, 0.5) is 10.1 Å². The van der Waals surface area contributed by atoms with Crippen molar-refractivity contribution >= 4 is 34.7 Å². The molecule has 1 amide bonds. The van der Waals surface area contributed by atoms with E-state index in [1.807, 2.05) is 0 Å². The molecule has 0 aliphatic rings. The Kier molecular flexibility index (Phi) is 4.67. The third-order valence-electron chi connectivity index (χ3n) is 3.45. The number of nitrogens with zero attached hydrogens (tertiary/aromatic N) is 2. The van der Waals surface area contributed by atoms with Gasteiger partial charge >= 0.3 is 5.97 Å². The SMILES string of the molecule is CCOC(=O)c1cnn2ccc(NC(=O)c3ccc(F)cc3Cl)cc12. The normalized spacial score (nSPS) is 10.7. The summed E-state index contributed by atoms with van der Waals surface area (Å²) >= 11 is 5.89. The molecule has 0 bridgehead atoms. The number of amides is 1. The van der Waals surface area contributed by atoms with E-state index in [0.29, 0.717) is 11.2 Å². The molecule has 1 aromatic carbocycles. The predicted octanol–water partition coefficient (Wildman–Crippen LogP) is 3.56. The first-order valence-corrected chi connectivity index (χ1v) is 7.78. The zero-order chi connectivity index (χ0) is 18.0. The van der Waals surface area contributed by atoms with E-state index >= 15 is 0 Å². The first-order valence-electron chi connectivity index (χ1n) is 7.40. The highest BCUT2D eigenvalue weighted by molar-refractivity contribution is 6.34. The van der Waals surface area contributed by atoms with Crippen LogP contribution in [0.5, 0.6) is 0 Å². The van der Waals surface area contributed by atoms with Gasteiger partial charge in [0.15, 0.2) is 0 Å². The number of anilines is 1. The number of hydrogen-bond donors (Lipinski definition) is 1. The van der Waals surface area contributed by atoms with Gasteiger partial charge in [0.05, 0.1) is 28.9 Å². The highest BCUT2D eigenvalue weighted by Crippen LogP contribution is 2.21. The number of rotatable bonds is 4. The number of nitrogens with one attached hydrogen (secondary N) is 1. The maximum absolute atomic E-state index is 13.1. The molecular formula is C17H13ClFN3O3. The number of halogens is 2. The minimum atomic E-state index is -0.527. The van der Waals surface area contributed by atoms with Crippen LogP contribution in [0.2, 0.25) is 5.02 Å². The molecule has 3 rings (SSSR count).